The molecule has 0 radical (unpaired) electrons. The fraction of sp³-hybridized carbons (Fsp3) is 0.500. The molecule has 18 heavy (non-hydrogen) atoms. The zero-order valence-electron chi connectivity index (χ0n) is 10.2. The number of hydrogen-bond acceptors (Lipinski definition) is 1. The number of nitrogens with one attached hydrogen (secondary N) is 1. The standard InChI is InChI=1S/C14H17BrClNO/c15-12-7-3-1-5-10(12)9-17-14(18)11-6-2-4-8-13(11)16/h2,4,6,8,10,12H,1,3,5,7,9H2,(H,17,18). The molecular weight excluding hydrogens is 314 g/mol. The Labute approximate surface area is 121 Å². The number of rotatable bonds is 3. The molecule has 2 unspecified atom stereocenters. The molecule has 0 bridgehead atoms. The second kappa shape index (κ2) is 6.58. The van der Waals surface area contributed by atoms with Gasteiger partial charge in [-0.05, 0) is 30.9 Å². The second-order valence-electron chi connectivity index (χ2n) is 4.75. The van der Waals surface area contributed by atoms with Crippen molar-refractivity contribution in [1.29, 1.82) is 0 Å². The fourth-order valence-electron chi connectivity index (χ4n) is 2.36. The number of hydrogen-bond donors (Lipinski definition) is 1. The van der Waals surface area contributed by atoms with Crippen LogP contribution in [0.4, 0.5) is 0 Å². The SMILES string of the molecule is O=C(NCC1CCCCC1Br)c1ccccc1Cl. The van der Waals surface area contributed by atoms with Crippen molar-refractivity contribution in [2.75, 3.05) is 6.54 Å². The van der Waals surface area contributed by atoms with Crippen molar-refractivity contribution >= 4 is 33.4 Å². The Bertz CT molecular complexity index is 424. The van der Waals surface area contributed by atoms with Gasteiger partial charge in [0.25, 0.3) is 5.91 Å². The van der Waals surface area contributed by atoms with Gasteiger partial charge in [0, 0.05) is 11.4 Å². The Kier molecular flexibility index (Phi) is 5.07. The van der Waals surface area contributed by atoms with E-state index in [0.717, 1.165) is 6.54 Å². The van der Waals surface area contributed by atoms with Gasteiger partial charge in [-0.1, -0.05) is 52.5 Å². The van der Waals surface area contributed by atoms with Crippen molar-refractivity contribution in [1.82, 2.24) is 5.32 Å². The van der Waals surface area contributed by atoms with Crippen LogP contribution in [-0.2, 0) is 0 Å². The molecule has 1 aliphatic carbocycles. The average Bonchev–Trinajstić information content (AvgIpc) is 2.38. The predicted molar refractivity (Wildman–Crippen MR) is 78.5 cm³/mol. The lowest BCUT2D eigenvalue weighted by Gasteiger charge is -2.27. The van der Waals surface area contributed by atoms with Crippen LogP contribution in [0.1, 0.15) is 36.0 Å². The van der Waals surface area contributed by atoms with E-state index in [4.69, 9.17) is 11.6 Å². The van der Waals surface area contributed by atoms with Gasteiger partial charge in [-0.3, -0.25) is 4.79 Å². The van der Waals surface area contributed by atoms with Crippen LogP contribution in [0.25, 0.3) is 0 Å². The van der Waals surface area contributed by atoms with E-state index in [-0.39, 0.29) is 5.91 Å². The van der Waals surface area contributed by atoms with Gasteiger partial charge in [-0.25, -0.2) is 0 Å². The number of carbonyl (C=O) groups excluding carboxylic acids is 1. The molecule has 0 aromatic heterocycles. The van der Waals surface area contributed by atoms with Crippen LogP contribution in [0.3, 0.4) is 0 Å². The highest BCUT2D eigenvalue weighted by atomic mass is 79.9. The van der Waals surface area contributed by atoms with Gasteiger partial charge < -0.3 is 5.32 Å². The maximum absolute atomic E-state index is 12.0. The van der Waals surface area contributed by atoms with Crippen molar-refractivity contribution in [2.45, 2.75) is 30.5 Å². The van der Waals surface area contributed by atoms with Crippen LogP contribution in [0.2, 0.25) is 5.02 Å². The van der Waals surface area contributed by atoms with E-state index in [1.165, 1.54) is 25.7 Å². The largest absolute Gasteiger partial charge is 0.352 e. The van der Waals surface area contributed by atoms with Crippen molar-refractivity contribution < 1.29 is 4.79 Å². The monoisotopic (exact) mass is 329 g/mol. The zero-order valence-corrected chi connectivity index (χ0v) is 12.5. The van der Waals surface area contributed by atoms with Crippen LogP contribution < -0.4 is 5.32 Å². The molecule has 0 heterocycles. The van der Waals surface area contributed by atoms with E-state index in [9.17, 15) is 4.79 Å². The molecule has 1 aromatic carbocycles. The first kappa shape index (κ1) is 13.9. The summed E-state index contributed by atoms with van der Waals surface area (Å²) < 4.78 is 0. The number of alkyl halides is 1. The third-order valence-corrected chi connectivity index (χ3v) is 4.99. The third-order valence-electron chi connectivity index (χ3n) is 3.46. The molecular formula is C14H17BrClNO. The summed E-state index contributed by atoms with van der Waals surface area (Å²) in [7, 11) is 0. The highest BCUT2D eigenvalue weighted by molar-refractivity contribution is 9.09. The molecule has 0 saturated heterocycles. The smallest absolute Gasteiger partial charge is 0.252 e. The Morgan fingerprint density at radius 3 is 2.78 bits per heavy atom. The summed E-state index contributed by atoms with van der Waals surface area (Å²) in [5.74, 6) is 0.455. The molecule has 0 aliphatic heterocycles. The van der Waals surface area contributed by atoms with Crippen LogP contribution in [0.15, 0.2) is 24.3 Å². The summed E-state index contributed by atoms with van der Waals surface area (Å²) in [5, 5.41) is 3.49. The van der Waals surface area contributed by atoms with E-state index in [1.807, 2.05) is 12.1 Å². The van der Waals surface area contributed by atoms with E-state index in [1.54, 1.807) is 12.1 Å². The first-order valence-electron chi connectivity index (χ1n) is 6.35. The third kappa shape index (κ3) is 3.48. The summed E-state index contributed by atoms with van der Waals surface area (Å²) in [4.78, 5) is 12.5. The van der Waals surface area contributed by atoms with Gasteiger partial charge in [0.2, 0.25) is 0 Å². The van der Waals surface area contributed by atoms with E-state index < -0.39 is 0 Å². The van der Waals surface area contributed by atoms with Crippen LogP contribution in [-0.4, -0.2) is 17.3 Å². The minimum absolute atomic E-state index is 0.0779. The summed E-state index contributed by atoms with van der Waals surface area (Å²) in [6.45, 7) is 0.722. The molecule has 2 rings (SSSR count). The highest BCUT2D eigenvalue weighted by Gasteiger charge is 2.23. The van der Waals surface area contributed by atoms with Gasteiger partial charge in [0.1, 0.15) is 0 Å². The Hall–Kier alpha value is -0.540. The average molecular weight is 331 g/mol. The first-order chi connectivity index (χ1) is 8.68. The van der Waals surface area contributed by atoms with Gasteiger partial charge >= 0.3 is 0 Å². The molecule has 1 N–H and O–H groups in total. The maximum atomic E-state index is 12.0. The van der Waals surface area contributed by atoms with Gasteiger partial charge in [0.15, 0.2) is 0 Å². The topological polar surface area (TPSA) is 29.1 Å². The molecule has 2 nitrogen and oxygen atoms in total. The molecule has 2 atom stereocenters. The molecule has 1 aromatic rings. The van der Waals surface area contributed by atoms with Crippen LogP contribution in [0, 0.1) is 5.92 Å². The van der Waals surface area contributed by atoms with Crippen LogP contribution in [0.5, 0.6) is 0 Å². The fourth-order valence-corrected chi connectivity index (χ4v) is 3.35. The zero-order chi connectivity index (χ0) is 13.0. The number of halogens is 2. The minimum atomic E-state index is -0.0779. The molecule has 1 amide bonds. The molecule has 0 spiro atoms. The summed E-state index contributed by atoms with van der Waals surface area (Å²) >= 11 is 9.70. The Balaban J connectivity index is 1.90. The second-order valence-corrected chi connectivity index (χ2v) is 6.33. The van der Waals surface area contributed by atoms with Gasteiger partial charge in [0.05, 0.1) is 10.6 Å². The van der Waals surface area contributed by atoms with Crippen molar-refractivity contribution in [3.63, 3.8) is 0 Å². The lowest BCUT2D eigenvalue weighted by Crippen LogP contribution is -2.34. The molecule has 4 heteroatoms. The Morgan fingerprint density at radius 1 is 1.33 bits per heavy atom. The molecule has 1 saturated carbocycles. The number of benzene rings is 1. The highest BCUT2D eigenvalue weighted by Crippen LogP contribution is 2.29. The Morgan fingerprint density at radius 2 is 2.06 bits per heavy atom. The van der Waals surface area contributed by atoms with E-state index in [0.29, 0.717) is 21.3 Å². The summed E-state index contributed by atoms with van der Waals surface area (Å²) in [6, 6.07) is 7.15. The lowest BCUT2D eigenvalue weighted by atomic mass is 9.89. The lowest BCUT2D eigenvalue weighted by molar-refractivity contribution is 0.0944. The predicted octanol–water partition coefficient (Wildman–Crippen LogP) is 4.02. The summed E-state index contributed by atoms with van der Waals surface area (Å²) in [6.07, 6.45) is 4.92. The van der Waals surface area contributed by atoms with Gasteiger partial charge in [-0.2, -0.15) is 0 Å². The maximum Gasteiger partial charge on any atom is 0.252 e. The van der Waals surface area contributed by atoms with Gasteiger partial charge in [-0.15, -0.1) is 0 Å². The molecule has 1 fully saturated rings. The van der Waals surface area contributed by atoms with E-state index in [2.05, 4.69) is 21.2 Å². The van der Waals surface area contributed by atoms with Crippen LogP contribution >= 0.6 is 27.5 Å². The van der Waals surface area contributed by atoms with E-state index >= 15 is 0 Å². The first-order valence-corrected chi connectivity index (χ1v) is 7.64. The summed E-state index contributed by atoms with van der Waals surface area (Å²) in [5.41, 5.74) is 0.557. The number of amides is 1. The molecule has 1 aliphatic rings. The van der Waals surface area contributed by atoms with Crippen molar-refractivity contribution in [3.8, 4) is 0 Å². The molecule has 98 valence electrons. The number of carbonyl (C=O) groups is 1. The minimum Gasteiger partial charge on any atom is -0.352 e. The van der Waals surface area contributed by atoms with Crippen molar-refractivity contribution in [2.24, 2.45) is 5.92 Å². The quantitative estimate of drug-likeness (QED) is 0.833. The van der Waals surface area contributed by atoms with Crippen molar-refractivity contribution in [3.05, 3.63) is 34.9 Å². The normalized spacial score (nSPS) is 23.7.